The molecule has 0 aliphatic carbocycles. The first-order valence-corrected chi connectivity index (χ1v) is 9.47. The first kappa shape index (κ1) is 21.1. The molecule has 0 radical (unpaired) electrons. The van der Waals surface area contributed by atoms with E-state index in [1.54, 1.807) is 54.6 Å². The van der Waals surface area contributed by atoms with Crippen molar-refractivity contribution in [1.29, 1.82) is 0 Å². The third-order valence-electron chi connectivity index (χ3n) is 4.03. The largest absolute Gasteiger partial charge is 0.483 e. The number of hydrogen-bond donors (Lipinski definition) is 1. The number of para-hydroxylation sites is 1. The Morgan fingerprint density at radius 3 is 2.40 bits per heavy atom. The van der Waals surface area contributed by atoms with E-state index in [4.69, 9.17) is 21.1 Å². The average Bonchev–Trinajstić information content (AvgIpc) is 2.75. The zero-order valence-electron chi connectivity index (χ0n) is 16.2. The van der Waals surface area contributed by atoms with E-state index in [-0.39, 0.29) is 12.5 Å². The van der Waals surface area contributed by atoms with Crippen LogP contribution >= 0.6 is 11.6 Å². The smallest absolute Gasteiger partial charge is 0.343 e. The van der Waals surface area contributed by atoms with Crippen molar-refractivity contribution in [2.45, 2.75) is 6.92 Å². The van der Waals surface area contributed by atoms with Crippen LogP contribution in [0.4, 0.5) is 0 Å². The molecule has 0 unspecified atom stereocenters. The van der Waals surface area contributed by atoms with Crippen LogP contribution in [-0.4, -0.2) is 24.7 Å². The zero-order valence-corrected chi connectivity index (χ0v) is 16.9. The lowest BCUT2D eigenvalue weighted by Crippen LogP contribution is -2.24. The average molecular weight is 423 g/mol. The summed E-state index contributed by atoms with van der Waals surface area (Å²) in [7, 11) is 0. The number of esters is 1. The quantitative estimate of drug-likeness (QED) is 0.265. The van der Waals surface area contributed by atoms with Gasteiger partial charge in [0.1, 0.15) is 11.5 Å². The normalized spacial score (nSPS) is 10.6. The van der Waals surface area contributed by atoms with Crippen molar-refractivity contribution in [3.05, 3.63) is 94.5 Å². The second-order valence-electron chi connectivity index (χ2n) is 6.31. The predicted molar refractivity (Wildman–Crippen MR) is 115 cm³/mol. The molecule has 6 nitrogen and oxygen atoms in total. The maximum atomic E-state index is 12.1. The van der Waals surface area contributed by atoms with Crippen LogP contribution in [0.3, 0.4) is 0 Å². The summed E-state index contributed by atoms with van der Waals surface area (Å²) >= 11 is 5.81. The molecule has 1 amide bonds. The van der Waals surface area contributed by atoms with Crippen LogP contribution in [0.15, 0.2) is 77.9 Å². The molecule has 0 aliphatic rings. The van der Waals surface area contributed by atoms with E-state index in [1.165, 1.54) is 6.21 Å². The van der Waals surface area contributed by atoms with E-state index in [1.807, 2.05) is 25.1 Å². The van der Waals surface area contributed by atoms with Crippen molar-refractivity contribution in [2.24, 2.45) is 5.10 Å². The molecular weight excluding hydrogens is 404 g/mol. The number of halogens is 1. The van der Waals surface area contributed by atoms with Gasteiger partial charge in [0.15, 0.2) is 6.61 Å². The van der Waals surface area contributed by atoms with Crippen molar-refractivity contribution >= 4 is 29.7 Å². The van der Waals surface area contributed by atoms with Crippen LogP contribution in [0.25, 0.3) is 0 Å². The predicted octanol–water partition coefficient (Wildman–Crippen LogP) is 4.40. The number of carbonyl (C=O) groups excluding carboxylic acids is 2. The molecule has 1 N–H and O–H groups in total. The van der Waals surface area contributed by atoms with Crippen molar-refractivity contribution in [3.63, 3.8) is 0 Å². The van der Waals surface area contributed by atoms with E-state index >= 15 is 0 Å². The van der Waals surface area contributed by atoms with Gasteiger partial charge in [-0.15, -0.1) is 0 Å². The summed E-state index contributed by atoms with van der Waals surface area (Å²) in [4.78, 5) is 23.9. The van der Waals surface area contributed by atoms with Gasteiger partial charge in [-0.3, -0.25) is 4.79 Å². The van der Waals surface area contributed by atoms with Gasteiger partial charge in [0.2, 0.25) is 0 Å². The van der Waals surface area contributed by atoms with Crippen LogP contribution in [0.5, 0.6) is 11.5 Å². The molecule has 3 aromatic rings. The fourth-order valence-electron chi connectivity index (χ4n) is 2.45. The van der Waals surface area contributed by atoms with Gasteiger partial charge >= 0.3 is 5.97 Å². The third-order valence-corrected chi connectivity index (χ3v) is 4.28. The lowest BCUT2D eigenvalue weighted by atomic mass is 10.2. The van der Waals surface area contributed by atoms with Crippen molar-refractivity contribution in [1.82, 2.24) is 5.43 Å². The van der Waals surface area contributed by atoms with Crippen molar-refractivity contribution in [2.75, 3.05) is 6.61 Å². The lowest BCUT2D eigenvalue weighted by molar-refractivity contribution is -0.123. The van der Waals surface area contributed by atoms with Crippen molar-refractivity contribution < 1.29 is 19.1 Å². The Kier molecular flexibility index (Phi) is 7.19. The Labute approximate surface area is 179 Å². The van der Waals surface area contributed by atoms with E-state index in [2.05, 4.69) is 10.5 Å². The summed E-state index contributed by atoms with van der Waals surface area (Å²) in [5.74, 6) is 0.195. The summed E-state index contributed by atoms with van der Waals surface area (Å²) in [6, 6.07) is 20.6. The van der Waals surface area contributed by atoms with Gasteiger partial charge in [0.25, 0.3) is 5.91 Å². The number of nitrogens with zero attached hydrogens (tertiary/aromatic N) is 1. The standard InChI is InChI=1S/C23H19ClN2O4/c1-16-4-2-3-5-21(16)29-15-22(27)26-25-14-17-6-12-20(13-7-17)30-23(28)18-8-10-19(24)11-9-18/h2-14H,15H2,1H3,(H,26,27)/b25-14-. The minimum absolute atomic E-state index is 0.137. The zero-order chi connectivity index (χ0) is 21.3. The van der Waals surface area contributed by atoms with Gasteiger partial charge in [-0.05, 0) is 72.6 Å². The molecule has 0 aliphatic heterocycles. The highest BCUT2D eigenvalue weighted by Crippen LogP contribution is 2.16. The Balaban J connectivity index is 1.47. The molecule has 152 valence electrons. The van der Waals surface area contributed by atoms with Gasteiger partial charge in [0.05, 0.1) is 11.8 Å². The summed E-state index contributed by atoms with van der Waals surface area (Å²) in [6.45, 7) is 1.77. The van der Waals surface area contributed by atoms with Crippen LogP contribution in [0.2, 0.25) is 5.02 Å². The van der Waals surface area contributed by atoms with Gasteiger partial charge < -0.3 is 9.47 Å². The number of carbonyl (C=O) groups is 2. The SMILES string of the molecule is Cc1ccccc1OCC(=O)N/N=C\c1ccc(OC(=O)c2ccc(Cl)cc2)cc1. The highest BCUT2D eigenvalue weighted by atomic mass is 35.5. The summed E-state index contributed by atoms with van der Waals surface area (Å²) in [5.41, 5.74) is 4.48. The number of nitrogens with one attached hydrogen (secondary N) is 1. The third kappa shape index (κ3) is 6.18. The first-order valence-electron chi connectivity index (χ1n) is 9.09. The van der Waals surface area contributed by atoms with Gasteiger partial charge in [-0.1, -0.05) is 29.8 Å². The van der Waals surface area contributed by atoms with Crippen molar-refractivity contribution in [3.8, 4) is 11.5 Å². The van der Waals surface area contributed by atoms with Crippen LogP contribution < -0.4 is 14.9 Å². The Morgan fingerprint density at radius 1 is 1.00 bits per heavy atom. The minimum Gasteiger partial charge on any atom is -0.483 e. The topological polar surface area (TPSA) is 77.0 Å². The van der Waals surface area contributed by atoms with Crippen LogP contribution in [-0.2, 0) is 4.79 Å². The molecule has 7 heteroatoms. The van der Waals surface area contributed by atoms with Gasteiger partial charge in [-0.25, -0.2) is 10.2 Å². The molecule has 0 saturated heterocycles. The lowest BCUT2D eigenvalue weighted by Gasteiger charge is -2.07. The number of hydrogen-bond acceptors (Lipinski definition) is 5. The highest BCUT2D eigenvalue weighted by molar-refractivity contribution is 6.30. The fourth-order valence-corrected chi connectivity index (χ4v) is 2.57. The monoisotopic (exact) mass is 422 g/mol. The number of ether oxygens (including phenoxy) is 2. The van der Waals surface area contributed by atoms with Gasteiger partial charge in [0, 0.05) is 5.02 Å². The van der Waals surface area contributed by atoms with Gasteiger partial charge in [-0.2, -0.15) is 5.10 Å². The fraction of sp³-hybridized carbons (Fsp3) is 0.0870. The van der Waals surface area contributed by atoms with Crippen LogP contribution in [0.1, 0.15) is 21.5 Å². The molecule has 0 fully saturated rings. The van der Waals surface area contributed by atoms with E-state index in [0.29, 0.717) is 22.1 Å². The molecule has 0 atom stereocenters. The second kappa shape index (κ2) is 10.2. The number of benzene rings is 3. The molecule has 0 bridgehead atoms. The summed E-state index contributed by atoms with van der Waals surface area (Å²) in [6.07, 6.45) is 1.48. The van der Waals surface area contributed by atoms with E-state index in [0.717, 1.165) is 11.1 Å². The first-order chi connectivity index (χ1) is 14.5. The molecule has 0 heterocycles. The number of amides is 1. The number of aryl methyl sites for hydroxylation is 1. The number of rotatable bonds is 7. The Bertz CT molecular complexity index is 1050. The highest BCUT2D eigenvalue weighted by Gasteiger charge is 2.08. The minimum atomic E-state index is -0.478. The molecule has 3 rings (SSSR count). The second-order valence-corrected chi connectivity index (χ2v) is 6.75. The molecule has 30 heavy (non-hydrogen) atoms. The molecule has 0 spiro atoms. The van der Waals surface area contributed by atoms with E-state index < -0.39 is 5.97 Å². The molecular formula is C23H19ClN2O4. The molecule has 3 aromatic carbocycles. The summed E-state index contributed by atoms with van der Waals surface area (Å²) < 4.78 is 10.8. The Morgan fingerprint density at radius 2 is 1.70 bits per heavy atom. The summed E-state index contributed by atoms with van der Waals surface area (Å²) in [5, 5.41) is 4.44. The molecule has 0 aromatic heterocycles. The van der Waals surface area contributed by atoms with Crippen LogP contribution in [0, 0.1) is 6.92 Å². The molecule has 0 saturated carbocycles. The maximum Gasteiger partial charge on any atom is 0.343 e. The number of hydrazone groups is 1. The van der Waals surface area contributed by atoms with E-state index in [9.17, 15) is 9.59 Å². The maximum absolute atomic E-state index is 12.1. The Hall–Kier alpha value is -3.64.